The minimum atomic E-state index is -0.655. The van der Waals surface area contributed by atoms with E-state index < -0.39 is 11.7 Å². The molecule has 21 heavy (non-hydrogen) atoms. The van der Waals surface area contributed by atoms with Crippen molar-refractivity contribution in [2.75, 3.05) is 17.2 Å². The summed E-state index contributed by atoms with van der Waals surface area (Å²) in [6, 6.07) is 7.94. The number of amides is 1. The summed E-state index contributed by atoms with van der Waals surface area (Å²) < 4.78 is 14.2. The largest absolute Gasteiger partial charge is 0.368 e. The number of anilines is 2. The first-order valence-corrected chi connectivity index (χ1v) is 6.95. The third-order valence-electron chi connectivity index (χ3n) is 2.78. The van der Waals surface area contributed by atoms with Gasteiger partial charge in [0, 0.05) is 23.5 Å². The molecule has 110 valence electrons. The van der Waals surface area contributed by atoms with Gasteiger partial charge in [-0.05, 0) is 36.8 Å². The van der Waals surface area contributed by atoms with E-state index in [1.807, 2.05) is 6.92 Å². The van der Waals surface area contributed by atoms with Crippen molar-refractivity contribution in [2.24, 2.45) is 0 Å². The first-order valence-electron chi connectivity index (χ1n) is 6.57. The van der Waals surface area contributed by atoms with Crippen LogP contribution in [0.2, 0.25) is 5.02 Å². The van der Waals surface area contributed by atoms with Gasteiger partial charge in [-0.25, -0.2) is 9.37 Å². The van der Waals surface area contributed by atoms with E-state index in [1.165, 1.54) is 12.3 Å². The fourth-order valence-corrected chi connectivity index (χ4v) is 1.84. The standard InChI is InChI=1S/C15H15ClFN3O/c1-2-8-18-14-13(17)12(7-9-19-14)15(21)20-11-5-3-10(16)4-6-11/h3-7,9H,2,8H2,1H3,(H,18,19)(H,20,21). The van der Waals surface area contributed by atoms with Crippen LogP contribution >= 0.6 is 11.6 Å². The number of rotatable bonds is 5. The molecule has 0 unspecified atom stereocenters. The molecule has 1 amide bonds. The summed E-state index contributed by atoms with van der Waals surface area (Å²) in [5.74, 6) is -1.10. The Kier molecular flexibility index (Phi) is 5.11. The zero-order valence-corrected chi connectivity index (χ0v) is 12.2. The highest BCUT2D eigenvalue weighted by Gasteiger charge is 2.16. The molecule has 0 spiro atoms. The Hall–Kier alpha value is -2.14. The van der Waals surface area contributed by atoms with E-state index in [1.54, 1.807) is 24.3 Å². The molecule has 0 radical (unpaired) electrons. The van der Waals surface area contributed by atoms with E-state index in [9.17, 15) is 9.18 Å². The van der Waals surface area contributed by atoms with Gasteiger partial charge in [-0.1, -0.05) is 18.5 Å². The molecule has 0 aliphatic heterocycles. The van der Waals surface area contributed by atoms with Crippen LogP contribution in [0.1, 0.15) is 23.7 Å². The average molecular weight is 308 g/mol. The number of halogens is 2. The number of aromatic nitrogens is 1. The monoisotopic (exact) mass is 307 g/mol. The number of hydrogen-bond acceptors (Lipinski definition) is 3. The Morgan fingerprint density at radius 2 is 2.00 bits per heavy atom. The molecule has 6 heteroatoms. The first-order chi connectivity index (χ1) is 10.1. The van der Waals surface area contributed by atoms with E-state index in [4.69, 9.17) is 11.6 Å². The summed E-state index contributed by atoms with van der Waals surface area (Å²) >= 11 is 5.77. The lowest BCUT2D eigenvalue weighted by Crippen LogP contribution is -2.16. The number of carbonyl (C=O) groups is 1. The number of nitrogens with one attached hydrogen (secondary N) is 2. The van der Waals surface area contributed by atoms with Gasteiger partial charge in [-0.3, -0.25) is 4.79 Å². The van der Waals surface area contributed by atoms with Gasteiger partial charge in [0.2, 0.25) is 0 Å². The molecular formula is C15H15ClFN3O. The Morgan fingerprint density at radius 3 is 2.67 bits per heavy atom. The Labute approximate surface area is 127 Å². The molecule has 1 aromatic carbocycles. The number of carbonyl (C=O) groups excluding carboxylic acids is 1. The Morgan fingerprint density at radius 1 is 1.29 bits per heavy atom. The van der Waals surface area contributed by atoms with Gasteiger partial charge in [0.25, 0.3) is 5.91 Å². The van der Waals surface area contributed by atoms with Crippen LogP contribution in [0.5, 0.6) is 0 Å². The van der Waals surface area contributed by atoms with Crippen LogP contribution in [-0.2, 0) is 0 Å². The van der Waals surface area contributed by atoms with Crippen LogP contribution in [-0.4, -0.2) is 17.4 Å². The van der Waals surface area contributed by atoms with Gasteiger partial charge in [0.1, 0.15) is 0 Å². The fraction of sp³-hybridized carbons (Fsp3) is 0.200. The van der Waals surface area contributed by atoms with Crippen LogP contribution < -0.4 is 10.6 Å². The molecule has 1 heterocycles. The maximum atomic E-state index is 14.2. The van der Waals surface area contributed by atoms with E-state index in [0.29, 0.717) is 17.3 Å². The molecule has 2 N–H and O–H groups in total. The topological polar surface area (TPSA) is 54.0 Å². The average Bonchev–Trinajstić information content (AvgIpc) is 2.48. The SMILES string of the molecule is CCCNc1nccc(C(=O)Nc2ccc(Cl)cc2)c1F. The van der Waals surface area contributed by atoms with Crippen molar-refractivity contribution in [2.45, 2.75) is 13.3 Å². The summed E-state index contributed by atoms with van der Waals surface area (Å²) in [5.41, 5.74) is 0.488. The highest BCUT2D eigenvalue weighted by molar-refractivity contribution is 6.30. The minimum Gasteiger partial charge on any atom is -0.368 e. The van der Waals surface area contributed by atoms with Crippen molar-refractivity contribution in [3.8, 4) is 0 Å². The van der Waals surface area contributed by atoms with Crippen LogP contribution in [0, 0.1) is 5.82 Å². The van der Waals surface area contributed by atoms with Crippen LogP contribution in [0.15, 0.2) is 36.5 Å². The lowest BCUT2D eigenvalue weighted by molar-refractivity contribution is 0.102. The van der Waals surface area contributed by atoms with Crippen LogP contribution in [0.3, 0.4) is 0 Å². The molecule has 0 atom stereocenters. The fourth-order valence-electron chi connectivity index (χ4n) is 1.72. The third-order valence-corrected chi connectivity index (χ3v) is 3.03. The number of pyridine rings is 1. The summed E-state index contributed by atoms with van der Waals surface area (Å²) in [4.78, 5) is 16.0. The Balaban J connectivity index is 2.17. The molecule has 0 aliphatic rings. The quantitative estimate of drug-likeness (QED) is 0.879. The lowest BCUT2D eigenvalue weighted by Gasteiger charge is -2.09. The molecular weight excluding hydrogens is 293 g/mol. The molecule has 2 aromatic rings. The zero-order chi connectivity index (χ0) is 15.2. The highest BCUT2D eigenvalue weighted by atomic mass is 35.5. The van der Waals surface area contributed by atoms with Gasteiger partial charge >= 0.3 is 0 Å². The van der Waals surface area contributed by atoms with Crippen molar-refractivity contribution >= 4 is 29.0 Å². The summed E-state index contributed by atoms with van der Waals surface area (Å²) in [5, 5.41) is 6.03. The second-order valence-corrected chi connectivity index (χ2v) is 4.85. The molecule has 1 aromatic heterocycles. The molecule has 2 rings (SSSR count). The lowest BCUT2D eigenvalue weighted by atomic mass is 10.2. The molecule has 0 fully saturated rings. The van der Waals surface area contributed by atoms with Crippen molar-refractivity contribution in [1.29, 1.82) is 0 Å². The maximum Gasteiger partial charge on any atom is 0.258 e. The van der Waals surface area contributed by atoms with E-state index in [2.05, 4.69) is 15.6 Å². The second kappa shape index (κ2) is 7.04. The third kappa shape index (κ3) is 3.92. The zero-order valence-electron chi connectivity index (χ0n) is 11.5. The first kappa shape index (κ1) is 15.3. The smallest absolute Gasteiger partial charge is 0.258 e. The normalized spacial score (nSPS) is 10.2. The molecule has 0 saturated heterocycles. The highest BCUT2D eigenvalue weighted by Crippen LogP contribution is 2.18. The van der Waals surface area contributed by atoms with Crippen molar-refractivity contribution in [3.63, 3.8) is 0 Å². The van der Waals surface area contributed by atoms with Crippen LogP contribution in [0.25, 0.3) is 0 Å². The summed E-state index contributed by atoms with van der Waals surface area (Å²) in [7, 11) is 0. The summed E-state index contributed by atoms with van der Waals surface area (Å²) in [6.45, 7) is 2.55. The number of nitrogens with zero attached hydrogens (tertiary/aromatic N) is 1. The van der Waals surface area contributed by atoms with Gasteiger partial charge in [0.15, 0.2) is 11.6 Å². The van der Waals surface area contributed by atoms with Crippen molar-refractivity contribution in [3.05, 3.63) is 52.9 Å². The van der Waals surface area contributed by atoms with Gasteiger partial charge < -0.3 is 10.6 Å². The van der Waals surface area contributed by atoms with Gasteiger partial charge in [-0.2, -0.15) is 0 Å². The number of hydrogen-bond donors (Lipinski definition) is 2. The molecule has 0 saturated carbocycles. The molecule has 0 aliphatic carbocycles. The molecule has 4 nitrogen and oxygen atoms in total. The predicted octanol–water partition coefficient (Wildman–Crippen LogP) is 3.95. The van der Waals surface area contributed by atoms with Gasteiger partial charge in [-0.15, -0.1) is 0 Å². The maximum absolute atomic E-state index is 14.2. The van der Waals surface area contributed by atoms with Crippen molar-refractivity contribution < 1.29 is 9.18 Å². The van der Waals surface area contributed by atoms with E-state index in [-0.39, 0.29) is 11.4 Å². The Bertz CT molecular complexity index is 631. The minimum absolute atomic E-state index is 0.0569. The van der Waals surface area contributed by atoms with E-state index >= 15 is 0 Å². The number of benzene rings is 1. The van der Waals surface area contributed by atoms with Crippen molar-refractivity contribution in [1.82, 2.24) is 4.98 Å². The van der Waals surface area contributed by atoms with Crippen LogP contribution in [0.4, 0.5) is 15.9 Å². The predicted molar refractivity (Wildman–Crippen MR) is 82.4 cm³/mol. The van der Waals surface area contributed by atoms with Gasteiger partial charge in [0.05, 0.1) is 5.56 Å². The summed E-state index contributed by atoms with van der Waals surface area (Å²) in [6.07, 6.45) is 2.24. The van der Waals surface area contributed by atoms with E-state index in [0.717, 1.165) is 6.42 Å². The molecule has 0 bridgehead atoms. The second-order valence-electron chi connectivity index (χ2n) is 4.41.